The molecule has 0 aliphatic rings. The summed E-state index contributed by atoms with van der Waals surface area (Å²) in [4.78, 5) is 12.4. The molecule has 0 aromatic heterocycles. The second-order valence-corrected chi connectivity index (χ2v) is 8.87. The van der Waals surface area contributed by atoms with Crippen LogP contribution in [0.25, 0.3) is 0 Å². The SMILES string of the molecule is CN(c1ccccc1)S(=O)(=O)c1ccc(C(=O)NCCc2cccc(Cl)c2)cc1. The van der Waals surface area contributed by atoms with E-state index in [1.54, 1.807) is 30.3 Å². The zero-order chi connectivity index (χ0) is 20.9. The van der Waals surface area contributed by atoms with Crippen molar-refractivity contribution in [2.45, 2.75) is 11.3 Å². The van der Waals surface area contributed by atoms with Gasteiger partial charge in [-0.2, -0.15) is 0 Å². The van der Waals surface area contributed by atoms with Crippen LogP contribution >= 0.6 is 11.6 Å². The van der Waals surface area contributed by atoms with Crippen molar-refractivity contribution in [3.8, 4) is 0 Å². The molecule has 0 aliphatic heterocycles. The van der Waals surface area contributed by atoms with E-state index >= 15 is 0 Å². The van der Waals surface area contributed by atoms with Gasteiger partial charge >= 0.3 is 0 Å². The van der Waals surface area contributed by atoms with E-state index in [-0.39, 0.29) is 10.8 Å². The molecule has 3 aromatic rings. The second-order valence-electron chi connectivity index (χ2n) is 6.47. The Bertz CT molecular complexity index is 1080. The van der Waals surface area contributed by atoms with Gasteiger partial charge in [0.1, 0.15) is 0 Å². The first kappa shape index (κ1) is 20.9. The number of carbonyl (C=O) groups excluding carboxylic acids is 1. The Balaban J connectivity index is 1.63. The Labute approximate surface area is 176 Å². The van der Waals surface area contributed by atoms with Crippen molar-refractivity contribution in [3.63, 3.8) is 0 Å². The second kappa shape index (κ2) is 9.11. The van der Waals surface area contributed by atoms with Gasteiger partial charge in [0.2, 0.25) is 0 Å². The number of sulfonamides is 1. The molecule has 0 spiro atoms. The van der Waals surface area contributed by atoms with Crippen molar-refractivity contribution in [2.24, 2.45) is 0 Å². The van der Waals surface area contributed by atoms with Crippen molar-refractivity contribution in [3.05, 3.63) is 95.0 Å². The summed E-state index contributed by atoms with van der Waals surface area (Å²) in [6.07, 6.45) is 0.653. The third-order valence-corrected chi connectivity index (χ3v) is 6.52. The first-order chi connectivity index (χ1) is 13.9. The molecule has 3 aromatic carbocycles. The Morgan fingerprint density at radius 3 is 2.31 bits per heavy atom. The largest absolute Gasteiger partial charge is 0.352 e. The molecule has 150 valence electrons. The summed E-state index contributed by atoms with van der Waals surface area (Å²) in [7, 11) is -2.20. The van der Waals surface area contributed by atoms with Crippen LogP contribution in [0.2, 0.25) is 5.02 Å². The average molecular weight is 429 g/mol. The number of nitrogens with zero attached hydrogens (tertiary/aromatic N) is 1. The molecule has 0 radical (unpaired) electrons. The topological polar surface area (TPSA) is 66.5 Å². The quantitative estimate of drug-likeness (QED) is 0.615. The summed E-state index contributed by atoms with van der Waals surface area (Å²) in [6.45, 7) is 0.454. The molecule has 5 nitrogen and oxygen atoms in total. The minimum atomic E-state index is -3.70. The van der Waals surface area contributed by atoms with Crippen molar-refractivity contribution >= 4 is 33.2 Å². The van der Waals surface area contributed by atoms with Crippen LogP contribution in [-0.2, 0) is 16.4 Å². The van der Waals surface area contributed by atoms with E-state index in [0.29, 0.717) is 29.2 Å². The molecule has 1 N–H and O–H groups in total. The van der Waals surface area contributed by atoms with Crippen LogP contribution in [0, 0.1) is 0 Å². The zero-order valence-corrected chi connectivity index (χ0v) is 17.5. The lowest BCUT2D eigenvalue weighted by atomic mass is 10.1. The van der Waals surface area contributed by atoms with E-state index in [1.807, 2.05) is 24.3 Å². The smallest absolute Gasteiger partial charge is 0.264 e. The Kier molecular flexibility index (Phi) is 6.56. The highest BCUT2D eigenvalue weighted by molar-refractivity contribution is 7.92. The number of para-hydroxylation sites is 1. The number of carbonyl (C=O) groups is 1. The molecule has 0 atom stereocenters. The summed E-state index contributed by atoms with van der Waals surface area (Å²) >= 11 is 5.96. The van der Waals surface area contributed by atoms with Crippen LogP contribution in [0.3, 0.4) is 0 Å². The number of hydrogen-bond acceptors (Lipinski definition) is 3. The van der Waals surface area contributed by atoms with Crippen LogP contribution < -0.4 is 9.62 Å². The van der Waals surface area contributed by atoms with Crippen LogP contribution in [0.5, 0.6) is 0 Å². The third-order valence-electron chi connectivity index (χ3n) is 4.48. The highest BCUT2D eigenvalue weighted by Crippen LogP contribution is 2.22. The summed E-state index contributed by atoms with van der Waals surface area (Å²) in [5, 5.41) is 3.49. The van der Waals surface area contributed by atoms with Gasteiger partial charge in [0.25, 0.3) is 15.9 Å². The molecule has 3 rings (SSSR count). The Morgan fingerprint density at radius 1 is 0.966 bits per heavy atom. The Morgan fingerprint density at radius 2 is 1.66 bits per heavy atom. The molecular formula is C22H21ClN2O3S. The van der Waals surface area contributed by atoms with E-state index in [9.17, 15) is 13.2 Å². The van der Waals surface area contributed by atoms with Crippen molar-refractivity contribution in [1.82, 2.24) is 5.32 Å². The lowest BCUT2D eigenvalue weighted by Crippen LogP contribution is -2.27. The molecule has 29 heavy (non-hydrogen) atoms. The van der Waals surface area contributed by atoms with Gasteiger partial charge in [-0.05, 0) is 60.5 Å². The van der Waals surface area contributed by atoms with Crippen LogP contribution in [-0.4, -0.2) is 27.9 Å². The van der Waals surface area contributed by atoms with E-state index in [4.69, 9.17) is 11.6 Å². The maximum absolute atomic E-state index is 12.8. The van der Waals surface area contributed by atoms with Crippen LogP contribution in [0.15, 0.2) is 83.8 Å². The number of benzene rings is 3. The average Bonchev–Trinajstić information content (AvgIpc) is 2.74. The summed E-state index contributed by atoms with van der Waals surface area (Å²) in [5.41, 5.74) is 2.00. The van der Waals surface area contributed by atoms with E-state index in [2.05, 4.69) is 5.32 Å². The minimum absolute atomic E-state index is 0.124. The molecular weight excluding hydrogens is 408 g/mol. The fourth-order valence-electron chi connectivity index (χ4n) is 2.83. The summed E-state index contributed by atoms with van der Waals surface area (Å²) in [6, 6.07) is 22.2. The van der Waals surface area contributed by atoms with Crippen molar-refractivity contribution < 1.29 is 13.2 Å². The molecule has 0 saturated carbocycles. The maximum Gasteiger partial charge on any atom is 0.264 e. The zero-order valence-electron chi connectivity index (χ0n) is 15.9. The van der Waals surface area contributed by atoms with Gasteiger partial charge in [0.05, 0.1) is 10.6 Å². The van der Waals surface area contributed by atoms with Gasteiger partial charge in [-0.3, -0.25) is 9.10 Å². The standard InChI is InChI=1S/C22H21ClN2O3S/c1-25(20-8-3-2-4-9-20)29(27,28)21-12-10-18(11-13-21)22(26)24-15-14-17-6-5-7-19(23)16-17/h2-13,16H,14-15H2,1H3,(H,24,26). The monoisotopic (exact) mass is 428 g/mol. The van der Waals surface area contributed by atoms with Gasteiger partial charge in [-0.1, -0.05) is 41.9 Å². The van der Waals surface area contributed by atoms with Crippen LogP contribution in [0.1, 0.15) is 15.9 Å². The molecule has 1 amide bonds. The maximum atomic E-state index is 12.8. The number of rotatable bonds is 7. The minimum Gasteiger partial charge on any atom is -0.352 e. The van der Waals surface area contributed by atoms with E-state index in [1.165, 1.54) is 35.6 Å². The number of hydrogen-bond donors (Lipinski definition) is 1. The van der Waals surface area contributed by atoms with Crippen molar-refractivity contribution in [2.75, 3.05) is 17.9 Å². The number of amides is 1. The molecule has 0 saturated heterocycles. The number of anilines is 1. The fourth-order valence-corrected chi connectivity index (χ4v) is 4.24. The third kappa shape index (κ3) is 5.16. The van der Waals surface area contributed by atoms with Gasteiger partial charge < -0.3 is 5.32 Å². The molecule has 0 aliphatic carbocycles. The first-order valence-electron chi connectivity index (χ1n) is 9.04. The predicted octanol–water partition coefficient (Wildman–Crippen LogP) is 4.14. The first-order valence-corrected chi connectivity index (χ1v) is 10.9. The molecule has 0 fully saturated rings. The van der Waals surface area contributed by atoms with Crippen molar-refractivity contribution in [1.29, 1.82) is 0 Å². The van der Waals surface area contributed by atoms with Gasteiger partial charge in [-0.15, -0.1) is 0 Å². The van der Waals surface area contributed by atoms with Gasteiger partial charge in [0, 0.05) is 24.2 Å². The summed E-state index contributed by atoms with van der Waals surface area (Å²) in [5.74, 6) is -0.257. The predicted molar refractivity (Wildman–Crippen MR) is 116 cm³/mol. The van der Waals surface area contributed by atoms with E-state index < -0.39 is 10.0 Å². The molecule has 0 unspecified atom stereocenters. The molecule has 0 heterocycles. The van der Waals surface area contributed by atoms with E-state index in [0.717, 1.165) is 5.56 Å². The highest BCUT2D eigenvalue weighted by atomic mass is 35.5. The summed E-state index contributed by atoms with van der Waals surface area (Å²) < 4.78 is 26.8. The van der Waals surface area contributed by atoms with Crippen LogP contribution in [0.4, 0.5) is 5.69 Å². The van der Waals surface area contributed by atoms with Gasteiger partial charge in [0.15, 0.2) is 0 Å². The number of halogens is 1. The normalized spacial score (nSPS) is 11.1. The Hall–Kier alpha value is -2.83. The number of nitrogens with one attached hydrogen (secondary N) is 1. The lowest BCUT2D eigenvalue weighted by Gasteiger charge is -2.19. The highest BCUT2D eigenvalue weighted by Gasteiger charge is 2.21. The molecule has 0 bridgehead atoms. The molecule has 7 heteroatoms. The fraction of sp³-hybridized carbons (Fsp3) is 0.136. The lowest BCUT2D eigenvalue weighted by molar-refractivity contribution is 0.0954. The van der Waals surface area contributed by atoms with Gasteiger partial charge in [-0.25, -0.2) is 8.42 Å².